The highest BCUT2D eigenvalue weighted by molar-refractivity contribution is 5.95. The fourth-order valence-corrected chi connectivity index (χ4v) is 3.03. The Morgan fingerprint density at radius 2 is 2.17 bits per heavy atom. The van der Waals surface area contributed by atoms with Crippen molar-refractivity contribution in [1.29, 1.82) is 0 Å². The molecule has 1 aromatic carbocycles. The molecule has 2 heterocycles. The van der Waals surface area contributed by atoms with Crippen molar-refractivity contribution >= 4 is 17.3 Å². The van der Waals surface area contributed by atoms with Crippen LogP contribution < -0.4 is 10.2 Å². The molecule has 128 valence electrons. The lowest BCUT2D eigenvalue weighted by atomic mass is 9.89. The van der Waals surface area contributed by atoms with E-state index in [0.29, 0.717) is 30.9 Å². The molecule has 5 nitrogen and oxygen atoms in total. The standard InChI is InChI=1S/C18H23FN4O/c1-18(2,3)17-12(11-21-22-17)10-20-13-6-7-15(14(19)9-13)23-8-4-5-16(23)24/h6-7,9,11,20H,4-5,8,10H2,1-3H3,(H,21,22). The van der Waals surface area contributed by atoms with Crippen LogP contribution in [-0.4, -0.2) is 22.6 Å². The van der Waals surface area contributed by atoms with Gasteiger partial charge in [-0.05, 0) is 24.6 Å². The summed E-state index contributed by atoms with van der Waals surface area (Å²) < 4.78 is 14.4. The van der Waals surface area contributed by atoms with Gasteiger partial charge in [0.25, 0.3) is 0 Å². The van der Waals surface area contributed by atoms with Crippen molar-refractivity contribution in [3.05, 3.63) is 41.5 Å². The quantitative estimate of drug-likeness (QED) is 0.901. The molecule has 24 heavy (non-hydrogen) atoms. The van der Waals surface area contributed by atoms with Gasteiger partial charge in [-0.25, -0.2) is 4.39 Å². The zero-order valence-corrected chi connectivity index (χ0v) is 14.3. The van der Waals surface area contributed by atoms with Gasteiger partial charge in [-0.3, -0.25) is 9.89 Å². The highest BCUT2D eigenvalue weighted by Crippen LogP contribution is 2.28. The Morgan fingerprint density at radius 1 is 1.38 bits per heavy atom. The summed E-state index contributed by atoms with van der Waals surface area (Å²) in [7, 11) is 0. The first kappa shape index (κ1) is 16.5. The third-order valence-corrected chi connectivity index (χ3v) is 4.26. The second-order valence-corrected chi connectivity index (χ2v) is 7.19. The van der Waals surface area contributed by atoms with Gasteiger partial charge in [0.05, 0.1) is 11.9 Å². The summed E-state index contributed by atoms with van der Waals surface area (Å²) in [6, 6.07) is 4.92. The van der Waals surface area contributed by atoms with Crippen LogP contribution in [0.5, 0.6) is 0 Å². The summed E-state index contributed by atoms with van der Waals surface area (Å²) in [4.78, 5) is 13.3. The molecular weight excluding hydrogens is 307 g/mol. The molecule has 1 aromatic heterocycles. The van der Waals surface area contributed by atoms with Gasteiger partial charge in [0.1, 0.15) is 5.82 Å². The zero-order valence-electron chi connectivity index (χ0n) is 14.3. The van der Waals surface area contributed by atoms with Gasteiger partial charge in [-0.1, -0.05) is 20.8 Å². The van der Waals surface area contributed by atoms with E-state index in [1.54, 1.807) is 18.3 Å². The number of H-pyrrole nitrogens is 1. The number of anilines is 2. The number of hydrogen-bond donors (Lipinski definition) is 2. The fraction of sp³-hybridized carbons (Fsp3) is 0.444. The molecule has 6 heteroatoms. The van der Waals surface area contributed by atoms with Crippen molar-refractivity contribution < 1.29 is 9.18 Å². The Bertz CT molecular complexity index is 748. The molecule has 2 N–H and O–H groups in total. The van der Waals surface area contributed by atoms with Crippen molar-refractivity contribution in [2.45, 2.75) is 45.6 Å². The molecule has 1 saturated heterocycles. The molecule has 1 amide bonds. The minimum Gasteiger partial charge on any atom is -0.381 e. The van der Waals surface area contributed by atoms with Crippen LogP contribution in [0.4, 0.5) is 15.8 Å². The number of hydrogen-bond acceptors (Lipinski definition) is 3. The number of rotatable bonds is 4. The topological polar surface area (TPSA) is 61.0 Å². The highest BCUT2D eigenvalue weighted by atomic mass is 19.1. The molecule has 2 aromatic rings. The molecule has 0 radical (unpaired) electrons. The van der Waals surface area contributed by atoms with E-state index in [9.17, 15) is 9.18 Å². The van der Waals surface area contributed by atoms with Gasteiger partial charge >= 0.3 is 0 Å². The molecule has 0 aliphatic carbocycles. The van der Waals surface area contributed by atoms with Gasteiger partial charge in [0.15, 0.2) is 0 Å². The average molecular weight is 330 g/mol. The number of carbonyl (C=O) groups is 1. The Hall–Kier alpha value is -2.37. The van der Waals surface area contributed by atoms with Crippen LogP contribution in [0.2, 0.25) is 0 Å². The third-order valence-electron chi connectivity index (χ3n) is 4.26. The van der Waals surface area contributed by atoms with E-state index < -0.39 is 0 Å². The number of carbonyl (C=O) groups excluding carboxylic acids is 1. The summed E-state index contributed by atoms with van der Waals surface area (Å²) in [6.45, 7) is 7.50. The normalized spacial score (nSPS) is 15.2. The van der Waals surface area contributed by atoms with E-state index in [-0.39, 0.29) is 17.1 Å². The van der Waals surface area contributed by atoms with Crippen LogP contribution in [-0.2, 0) is 16.8 Å². The molecule has 0 spiro atoms. The summed E-state index contributed by atoms with van der Waals surface area (Å²) >= 11 is 0. The second-order valence-electron chi connectivity index (χ2n) is 7.19. The summed E-state index contributed by atoms with van der Waals surface area (Å²) in [5, 5.41) is 10.4. The number of nitrogens with one attached hydrogen (secondary N) is 2. The SMILES string of the molecule is CC(C)(C)c1[nH]ncc1CNc1ccc(N2CCCC2=O)c(F)c1. The second kappa shape index (κ2) is 6.26. The smallest absolute Gasteiger partial charge is 0.227 e. The van der Waals surface area contributed by atoms with Crippen molar-refractivity contribution in [2.24, 2.45) is 0 Å². The molecule has 0 unspecified atom stereocenters. The van der Waals surface area contributed by atoms with E-state index >= 15 is 0 Å². The largest absolute Gasteiger partial charge is 0.381 e. The lowest BCUT2D eigenvalue weighted by Gasteiger charge is -2.19. The molecular formula is C18H23FN4O. The number of amides is 1. The molecule has 0 bridgehead atoms. The first-order valence-electron chi connectivity index (χ1n) is 8.23. The maximum Gasteiger partial charge on any atom is 0.227 e. The van der Waals surface area contributed by atoms with Crippen LogP contribution in [0, 0.1) is 5.82 Å². The lowest BCUT2D eigenvalue weighted by molar-refractivity contribution is -0.117. The minimum absolute atomic E-state index is 0.0113. The van der Waals surface area contributed by atoms with Crippen LogP contribution in [0.1, 0.15) is 44.9 Å². The number of aromatic amines is 1. The Kier molecular flexibility index (Phi) is 4.30. The fourth-order valence-electron chi connectivity index (χ4n) is 3.03. The first-order valence-corrected chi connectivity index (χ1v) is 8.23. The molecule has 1 aliphatic heterocycles. The van der Waals surface area contributed by atoms with Gasteiger partial charge < -0.3 is 10.2 Å². The number of aromatic nitrogens is 2. The van der Waals surface area contributed by atoms with Gasteiger partial charge in [0, 0.05) is 41.9 Å². The van der Waals surface area contributed by atoms with Crippen LogP contribution in [0.25, 0.3) is 0 Å². The minimum atomic E-state index is -0.376. The van der Waals surface area contributed by atoms with Crippen molar-refractivity contribution in [3.63, 3.8) is 0 Å². The van der Waals surface area contributed by atoms with Crippen LogP contribution >= 0.6 is 0 Å². The zero-order chi connectivity index (χ0) is 17.3. The molecule has 3 rings (SSSR count). The number of benzene rings is 1. The van der Waals surface area contributed by atoms with Crippen LogP contribution in [0.15, 0.2) is 24.4 Å². The van der Waals surface area contributed by atoms with Crippen molar-refractivity contribution in [3.8, 4) is 0 Å². The molecule has 0 saturated carbocycles. The Morgan fingerprint density at radius 3 is 2.79 bits per heavy atom. The highest BCUT2D eigenvalue weighted by Gasteiger charge is 2.24. The maximum absolute atomic E-state index is 14.4. The number of halogens is 1. The van der Waals surface area contributed by atoms with E-state index in [4.69, 9.17) is 0 Å². The van der Waals surface area contributed by atoms with E-state index in [1.165, 1.54) is 11.0 Å². The van der Waals surface area contributed by atoms with E-state index in [0.717, 1.165) is 17.7 Å². The molecule has 1 fully saturated rings. The summed E-state index contributed by atoms with van der Waals surface area (Å²) in [6.07, 6.45) is 3.07. The summed E-state index contributed by atoms with van der Waals surface area (Å²) in [5.74, 6) is -0.388. The third kappa shape index (κ3) is 3.27. The van der Waals surface area contributed by atoms with Gasteiger partial charge in [-0.2, -0.15) is 5.10 Å². The van der Waals surface area contributed by atoms with Gasteiger partial charge in [0.2, 0.25) is 5.91 Å². The predicted molar refractivity (Wildman–Crippen MR) is 92.6 cm³/mol. The van der Waals surface area contributed by atoms with Crippen LogP contribution in [0.3, 0.4) is 0 Å². The summed E-state index contributed by atoms with van der Waals surface area (Å²) in [5.41, 5.74) is 3.14. The first-order chi connectivity index (χ1) is 11.4. The van der Waals surface area contributed by atoms with E-state index in [2.05, 4.69) is 36.3 Å². The van der Waals surface area contributed by atoms with Crippen molar-refractivity contribution in [1.82, 2.24) is 10.2 Å². The molecule has 1 aliphatic rings. The predicted octanol–water partition coefficient (Wildman–Crippen LogP) is 3.59. The lowest BCUT2D eigenvalue weighted by Crippen LogP contribution is -2.24. The monoisotopic (exact) mass is 330 g/mol. The maximum atomic E-state index is 14.4. The van der Waals surface area contributed by atoms with Gasteiger partial charge in [-0.15, -0.1) is 0 Å². The van der Waals surface area contributed by atoms with E-state index in [1.807, 2.05) is 0 Å². The Labute approximate surface area is 141 Å². The Balaban J connectivity index is 1.72. The number of nitrogens with zero attached hydrogens (tertiary/aromatic N) is 2. The van der Waals surface area contributed by atoms with Crippen molar-refractivity contribution in [2.75, 3.05) is 16.8 Å². The molecule has 0 atom stereocenters. The average Bonchev–Trinajstić information content (AvgIpc) is 3.13.